The number of alkyl halides is 1. The number of rotatable bonds is 14. The number of nitrogens with zero attached hydrogens (tertiary/aromatic N) is 5. The lowest BCUT2D eigenvalue weighted by Gasteiger charge is -2.30. The van der Waals surface area contributed by atoms with Crippen LogP contribution in [-0.4, -0.2) is 62.3 Å². The van der Waals surface area contributed by atoms with Crippen LogP contribution in [0.2, 0.25) is 0 Å². The molecule has 3 aromatic rings. The topological polar surface area (TPSA) is 93.9 Å². The van der Waals surface area contributed by atoms with Crippen molar-refractivity contribution in [1.82, 2.24) is 29.6 Å². The Morgan fingerprint density at radius 1 is 1.33 bits per heavy atom. The van der Waals surface area contributed by atoms with Crippen LogP contribution in [0, 0.1) is 0 Å². The van der Waals surface area contributed by atoms with Gasteiger partial charge in [-0.15, -0.1) is 13.2 Å². The number of halogens is 1. The van der Waals surface area contributed by atoms with Gasteiger partial charge in [-0.3, -0.25) is 4.98 Å². The predicted molar refractivity (Wildman–Crippen MR) is 149 cm³/mol. The van der Waals surface area contributed by atoms with Gasteiger partial charge in [0.05, 0.1) is 37.3 Å². The molecule has 1 aliphatic carbocycles. The molecule has 0 radical (unpaired) electrons. The summed E-state index contributed by atoms with van der Waals surface area (Å²) in [5.41, 5.74) is 1.40. The number of hydrogen-bond acceptors (Lipinski definition) is 6. The second-order valence-electron chi connectivity index (χ2n) is 9.81. The highest BCUT2D eigenvalue weighted by atomic mass is 19.1. The zero-order chi connectivity index (χ0) is 28.0. The summed E-state index contributed by atoms with van der Waals surface area (Å²) in [5.74, 6) is 0.933. The summed E-state index contributed by atoms with van der Waals surface area (Å²) in [4.78, 5) is 28.7. The Morgan fingerprint density at radius 2 is 2.13 bits per heavy atom. The van der Waals surface area contributed by atoms with Crippen molar-refractivity contribution in [3.05, 3.63) is 61.9 Å². The second kappa shape index (κ2) is 12.3. The average Bonchev–Trinajstić information content (AvgIpc) is 3.45. The number of urea groups is 1. The number of nitrogens with one attached hydrogen (secondary N) is 1. The number of carbonyl (C=O) groups is 1. The van der Waals surface area contributed by atoms with E-state index in [-0.39, 0.29) is 18.1 Å². The van der Waals surface area contributed by atoms with Gasteiger partial charge in [0.15, 0.2) is 0 Å². The van der Waals surface area contributed by atoms with Crippen LogP contribution in [0.25, 0.3) is 16.9 Å². The fourth-order valence-electron chi connectivity index (χ4n) is 4.61. The third kappa shape index (κ3) is 6.55. The van der Waals surface area contributed by atoms with E-state index in [1.165, 1.54) is 0 Å². The van der Waals surface area contributed by atoms with Crippen molar-refractivity contribution < 1.29 is 18.7 Å². The summed E-state index contributed by atoms with van der Waals surface area (Å²) in [6.07, 6.45) is 13.0. The number of imidazole rings is 1. The SMILES string of the molecule is C=CCCOc1nc(-c2cc([C@@H](C)N(CC)C(=O)NC(CC=C)CC3(F)CC3)ncc2OC)cn2ccnc12. The molecule has 1 aliphatic rings. The van der Waals surface area contributed by atoms with E-state index in [4.69, 9.17) is 14.5 Å². The number of methoxy groups -OCH3 is 1. The molecule has 4 rings (SSSR count). The van der Waals surface area contributed by atoms with Crippen molar-refractivity contribution in [3.8, 4) is 22.9 Å². The highest BCUT2D eigenvalue weighted by Gasteiger charge is 2.45. The summed E-state index contributed by atoms with van der Waals surface area (Å²) in [7, 11) is 1.57. The molecule has 1 saturated carbocycles. The van der Waals surface area contributed by atoms with Crippen LogP contribution in [0.5, 0.6) is 11.6 Å². The monoisotopic (exact) mass is 536 g/mol. The molecule has 1 unspecified atom stereocenters. The van der Waals surface area contributed by atoms with Crippen molar-refractivity contribution >= 4 is 11.7 Å². The Hall–Kier alpha value is -3.95. The lowest BCUT2D eigenvalue weighted by atomic mass is 10.1. The number of amides is 2. The lowest BCUT2D eigenvalue weighted by molar-refractivity contribution is 0.172. The van der Waals surface area contributed by atoms with Gasteiger partial charge in [-0.25, -0.2) is 19.2 Å². The van der Waals surface area contributed by atoms with Gasteiger partial charge < -0.3 is 24.1 Å². The Labute approximate surface area is 228 Å². The first-order valence-corrected chi connectivity index (χ1v) is 13.3. The van der Waals surface area contributed by atoms with Crippen LogP contribution in [0.15, 0.2) is 56.2 Å². The van der Waals surface area contributed by atoms with E-state index < -0.39 is 5.67 Å². The lowest BCUT2D eigenvalue weighted by Crippen LogP contribution is -2.46. The molecule has 3 aromatic heterocycles. The van der Waals surface area contributed by atoms with E-state index >= 15 is 0 Å². The van der Waals surface area contributed by atoms with Crippen LogP contribution >= 0.6 is 0 Å². The van der Waals surface area contributed by atoms with E-state index in [1.54, 1.807) is 36.6 Å². The van der Waals surface area contributed by atoms with Crippen molar-refractivity contribution in [2.24, 2.45) is 0 Å². The average molecular weight is 537 g/mol. The number of ether oxygens (including phenoxy) is 2. The molecule has 1 N–H and O–H groups in total. The highest BCUT2D eigenvalue weighted by Crippen LogP contribution is 2.44. The van der Waals surface area contributed by atoms with Gasteiger partial charge in [0, 0.05) is 43.2 Å². The molecule has 208 valence electrons. The third-order valence-electron chi connectivity index (χ3n) is 6.97. The van der Waals surface area contributed by atoms with E-state index in [1.807, 2.05) is 36.7 Å². The molecule has 2 amide bonds. The fourth-order valence-corrected chi connectivity index (χ4v) is 4.61. The number of pyridine rings is 1. The van der Waals surface area contributed by atoms with Gasteiger partial charge in [0.25, 0.3) is 5.88 Å². The van der Waals surface area contributed by atoms with Gasteiger partial charge in [-0.1, -0.05) is 12.2 Å². The zero-order valence-electron chi connectivity index (χ0n) is 22.9. The van der Waals surface area contributed by atoms with Gasteiger partial charge in [-0.2, -0.15) is 0 Å². The minimum atomic E-state index is -1.17. The van der Waals surface area contributed by atoms with Crippen molar-refractivity contribution in [3.63, 3.8) is 0 Å². The first kappa shape index (κ1) is 28.1. The Bertz CT molecular complexity index is 1320. The Balaban J connectivity index is 1.61. The highest BCUT2D eigenvalue weighted by molar-refractivity contribution is 5.75. The molecule has 3 heterocycles. The number of hydrogen-bond donors (Lipinski definition) is 1. The first-order valence-electron chi connectivity index (χ1n) is 13.3. The predicted octanol–water partition coefficient (Wildman–Crippen LogP) is 5.68. The summed E-state index contributed by atoms with van der Waals surface area (Å²) >= 11 is 0. The first-order chi connectivity index (χ1) is 18.8. The van der Waals surface area contributed by atoms with Crippen molar-refractivity contribution in [1.29, 1.82) is 0 Å². The molecule has 39 heavy (non-hydrogen) atoms. The molecule has 0 aromatic carbocycles. The molecule has 1 fully saturated rings. The maximum Gasteiger partial charge on any atom is 0.318 e. The minimum Gasteiger partial charge on any atom is -0.494 e. The quantitative estimate of drug-likeness (QED) is 0.210. The summed E-state index contributed by atoms with van der Waals surface area (Å²) in [6, 6.07) is 0.925. The smallest absolute Gasteiger partial charge is 0.318 e. The van der Waals surface area contributed by atoms with E-state index in [2.05, 4.69) is 28.4 Å². The second-order valence-corrected chi connectivity index (χ2v) is 9.81. The number of aromatic nitrogens is 4. The van der Waals surface area contributed by atoms with Crippen LogP contribution < -0.4 is 14.8 Å². The Kier molecular flexibility index (Phi) is 8.83. The van der Waals surface area contributed by atoms with Crippen LogP contribution in [0.3, 0.4) is 0 Å². The van der Waals surface area contributed by atoms with Crippen LogP contribution in [0.4, 0.5) is 9.18 Å². The summed E-state index contributed by atoms with van der Waals surface area (Å²) < 4.78 is 27.8. The van der Waals surface area contributed by atoms with E-state index in [0.717, 1.165) is 0 Å². The molecule has 0 aliphatic heterocycles. The molecular formula is C29H37FN6O3. The van der Waals surface area contributed by atoms with Crippen LogP contribution in [0.1, 0.15) is 57.7 Å². The maximum absolute atomic E-state index is 14.5. The van der Waals surface area contributed by atoms with E-state index in [0.29, 0.717) is 79.5 Å². The van der Waals surface area contributed by atoms with Gasteiger partial charge in [0.1, 0.15) is 11.4 Å². The molecule has 9 nitrogen and oxygen atoms in total. The van der Waals surface area contributed by atoms with Crippen LogP contribution in [-0.2, 0) is 0 Å². The third-order valence-corrected chi connectivity index (χ3v) is 6.97. The van der Waals surface area contributed by atoms with Crippen molar-refractivity contribution in [2.45, 2.75) is 63.7 Å². The van der Waals surface area contributed by atoms with Gasteiger partial charge >= 0.3 is 6.03 Å². The minimum absolute atomic E-state index is 0.267. The zero-order valence-corrected chi connectivity index (χ0v) is 22.9. The molecular weight excluding hydrogens is 499 g/mol. The summed E-state index contributed by atoms with van der Waals surface area (Å²) in [5, 5.41) is 3.01. The van der Waals surface area contributed by atoms with Gasteiger partial charge in [-0.05, 0) is 45.6 Å². The standard InChI is InChI=1S/C29H37FN6O3/c1-6-9-15-39-27-26-31-13-14-35(26)19-24(34-27)22-16-23(32-18-25(22)38-5)20(4)36(8-3)28(37)33-21(10-7-2)17-29(30)11-12-29/h6-7,13-14,16,18-21H,1-2,8-12,15,17H2,3-5H3,(H,33,37)/t20-,21?/m1/s1. The normalized spacial score (nSPS) is 15.3. The molecule has 0 bridgehead atoms. The number of fused-ring (bicyclic) bond motifs is 1. The van der Waals surface area contributed by atoms with E-state index in [9.17, 15) is 9.18 Å². The molecule has 10 heteroatoms. The fraction of sp³-hybridized carbons (Fsp3) is 0.448. The summed E-state index contributed by atoms with van der Waals surface area (Å²) in [6.45, 7) is 12.2. The van der Waals surface area contributed by atoms with Gasteiger partial charge in [0.2, 0.25) is 5.65 Å². The molecule has 0 saturated heterocycles. The molecule has 2 atom stereocenters. The number of carbonyl (C=O) groups excluding carboxylic acids is 1. The molecule has 0 spiro atoms. The maximum atomic E-state index is 14.5. The largest absolute Gasteiger partial charge is 0.494 e. The Morgan fingerprint density at radius 3 is 2.79 bits per heavy atom. The van der Waals surface area contributed by atoms with Crippen molar-refractivity contribution in [2.75, 3.05) is 20.3 Å².